The number of hydrogen-bond donors (Lipinski definition) is 1. The molecule has 7 nitrogen and oxygen atoms in total. The van der Waals surface area contributed by atoms with Crippen LogP contribution < -0.4 is 10.2 Å². The minimum atomic E-state index is -4.50. The fourth-order valence-electron chi connectivity index (χ4n) is 3.32. The maximum atomic E-state index is 13.8. The van der Waals surface area contributed by atoms with Gasteiger partial charge in [0.05, 0.1) is 30.4 Å². The van der Waals surface area contributed by atoms with Gasteiger partial charge in [0.15, 0.2) is 0 Å². The first-order valence-electron chi connectivity index (χ1n) is 9.32. The Labute approximate surface area is 168 Å². The van der Waals surface area contributed by atoms with Crippen molar-refractivity contribution in [2.45, 2.75) is 38.0 Å². The Bertz CT molecular complexity index is 774. The molecule has 2 rings (SSSR count). The average Bonchev–Trinajstić information content (AvgIpc) is 2.71. The third-order valence-electron chi connectivity index (χ3n) is 5.10. The van der Waals surface area contributed by atoms with Gasteiger partial charge in [-0.1, -0.05) is 0 Å². The second kappa shape index (κ2) is 9.22. The van der Waals surface area contributed by atoms with Crippen molar-refractivity contribution in [2.75, 3.05) is 38.1 Å². The summed E-state index contributed by atoms with van der Waals surface area (Å²) >= 11 is 0. The molecule has 158 valence electrons. The number of piperazine rings is 1. The smallest absolute Gasteiger partial charge is 0.364 e. The Kier molecular flexibility index (Phi) is 7.19. The highest BCUT2D eigenvalue weighted by Gasteiger charge is 2.55. The summed E-state index contributed by atoms with van der Waals surface area (Å²) in [6, 6.07) is 4.86. The van der Waals surface area contributed by atoms with E-state index in [1.165, 1.54) is 18.1 Å². The summed E-state index contributed by atoms with van der Waals surface area (Å²) in [5.74, 6) is -0.328. The molecule has 1 fully saturated rings. The molecule has 2 atom stereocenters. The van der Waals surface area contributed by atoms with E-state index in [1.54, 1.807) is 19.1 Å². The predicted molar refractivity (Wildman–Crippen MR) is 104 cm³/mol. The monoisotopic (exact) mass is 410 g/mol. The molecule has 0 aliphatic carbocycles. The summed E-state index contributed by atoms with van der Waals surface area (Å²) < 4.78 is 41.5. The third kappa shape index (κ3) is 4.85. The molecule has 1 amide bonds. The number of alkyl halides is 3. The molecule has 10 heteroatoms. The molecule has 1 aromatic heterocycles. The van der Waals surface area contributed by atoms with Gasteiger partial charge in [-0.3, -0.25) is 14.7 Å². The van der Waals surface area contributed by atoms with Gasteiger partial charge in [0, 0.05) is 39.4 Å². The topological polar surface area (TPSA) is 84.6 Å². The molecule has 0 radical (unpaired) electrons. The number of rotatable bonds is 6. The summed E-state index contributed by atoms with van der Waals surface area (Å²) in [4.78, 5) is 22.8. The molecular formula is C19H25F3N6O. The average molecular weight is 410 g/mol. The van der Waals surface area contributed by atoms with Gasteiger partial charge in [-0.05, 0) is 26.0 Å². The number of nitrogens with zero attached hydrogens (tertiary/aromatic N) is 5. The minimum absolute atomic E-state index is 0.0521. The van der Waals surface area contributed by atoms with Crippen molar-refractivity contribution in [3.8, 4) is 6.07 Å². The summed E-state index contributed by atoms with van der Waals surface area (Å²) in [5.41, 5.74) is -1.30. The Morgan fingerprint density at radius 2 is 2.17 bits per heavy atom. The molecule has 1 saturated heterocycles. The van der Waals surface area contributed by atoms with Crippen LogP contribution in [0.3, 0.4) is 0 Å². The van der Waals surface area contributed by atoms with Crippen LogP contribution in [0.15, 0.2) is 23.3 Å². The molecule has 1 N–H and O–H groups in total. The minimum Gasteiger partial charge on any atom is -0.364 e. The van der Waals surface area contributed by atoms with Gasteiger partial charge >= 0.3 is 6.18 Å². The lowest BCUT2D eigenvalue weighted by molar-refractivity contribution is -0.201. The quantitative estimate of drug-likeness (QED) is 0.728. The maximum absolute atomic E-state index is 13.8. The van der Waals surface area contributed by atoms with Gasteiger partial charge in [-0.15, -0.1) is 0 Å². The predicted octanol–water partition coefficient (Wildman–Crippen LogP) is 2.26. The number of aliphatic imine (C=N–C) groups is 1. The van der Waals surface area contributed by atoms with Crippen molar-refractivity contribution in [1.29, 1.82) is 5.26 Å². The molecule has 0 saturated carbocycles. The fourth-order valence-corrected chi connectivity index (χ4v) is 3.32. The summed E-state index contributed by atoms with van der Waals surface area (Å²) in [7, 11) is 1.50. The fraction of sp³-hybridized carbons (Fsp3) is 0.579. The van der Waals surface area contributed by atoms with Gasteiger partial charge in [-0.25, -0.2) is 4.98 Å². The van der Waals surface area contributed by atoms with E-state index in [2.05, 4.69) is 21.4 Å². The number of nitriles is 1. The van der Waals surface area contributed by atoms with Crippen LogP contribution in [0.25, 0.3) is 0 Å². The standard InChI is InChI=1S/C19H25F3N6O/c1-4-25-13-18(2,19(20,21)22)27-9-10-28(15(12-27)7-8-23)14-5-6-16(26-11-14)17(29)24-3/h5-6,11,13,15H,4,7,9-10,12H2,1-3H3,(H,24,29)/b25-13-. The molecule has 1 aliphatic rings. The number of pyridine rings is 1. The first kappa shape index (κ1) is 22.6. The van der Waals surface area contributed by atoms with Crippen LogP contribution in [0.1, 0.15) is 30.8 Å². The Morgan fingerprint density at radius 3 is 2.69 bits per heavy atom. The van der Waals surface area contributed by atoms with Gasteiger partial charge in [-0.2, -0.15) is 18.4 Å². The number of aromatic nitrogens is 1. The lowest BCUT2D eigenvalue weighted by Gasteiger charge is -2.48. The second-order valence-corrected chi connectivity index (χ2v) is 6.91. The zero-order valence-corrected chi connectivity index (χ0v) is 16.7. The zero-order chi connectivity index (χ0) is 21.7. The molecule has 0 bridgehead atoms. The van der Waals surface area contributed by atoms with Crippen molar-refractivity contribution in [3.63, 3.8) is 0 Å². The van der Waals surface area contributed by atoms with Crippen molar-refractivity contribution in [2.24, 2.45) is 4.99 Å². The van der Waals surface area contributed by atoms with Crippen LogP contribution in [0.5, 0.6) is 0 Å². The Morgan fingerprint density at radius 1 is 1.45 bits per heavy atom. The number of halogens is 3. The third-order valence-corrected chi connectivity index (χ3v) is 5.10. The van der Waals surface area contributed by atoms with Crippen molar-refractivity contribution in [3.05, 3.63) is 24.0 Å². The second-order valence-electron chi connectivity index (χ2n) is 6.91. The summed E-state index contributed by atoms with van der Waals surface area (Å²) in [6.07, 6.45) is -1.97. The summed E-state index contributed by atoms with van der Waals surface area (Å²) in [6.45, 7) is 3.54. The summed E-state index contributed by atoms with van der Waals surface area (Å²) in [5, 5.41) is 11.7. The van der Waals surface area contributed by atoms with Crippen LogP contribution in [-0.4, -0.2) is 73.0 Å². The molecule has 2 heterocycles. The van der Waals surface area contributed by atoms with E-state index in [1.807, 2.05) is 4.90 Å². The van der Waals surface area contributed by atoms with Crippen molar-refractivity contribution in [1.82, 2.24) is 15.2 Å². The van der Waals surface area contributed by atoms with E-state index >= 15 is 0 Å². The highest BCUT2D eigenvalue weighted by Crippen LogP contribution is 2.36. The normalized spacial score (nSPS) is 20.3. The van der Waals surface area contributed by atoms with E-state index in [0.29, 0.717) is 12.2 Å². The van der Waals surface area contributed by atoms with Crippen LogP contribution in [0, 0.1) is 11.3 Å². The highest BCUT2D eigenvalue weighted by molar-refractivity contribution is 5.92. The van der Waals surface area contributed by atoms with E-state index in [4.69, 9.17) is 0 Å². The largest absolute Gasteiger partial charge is 0.411 e. The van der Waals surface area contributed by atoms with Gasteiger partial charge in [0.1, 0.15) is 11.2 Å². The van der Waals surface area contributed by atoms with Gasteiger partial charge < -0.3 is 10.2 Å². The van der Waals surface area contributed by atoms with E-state index in [-0.39, 0.29) is 37.7 Å². The van der Waals surface area contributed by atoms with Crippen LogP contribution in [0.2, 0.25) is 0 Å². The molecule has 1 aromatic rings. The van der Waals surface area contributed by atoms with E-state index in [0.717, 1.165) is 13.1 Å². The number of carbonyl (C=O) groups excluding carboxylic acids is 1. The lowest BCUT2D eigenvalue weighted by Crippen LogP contribution is -2.65. The van der Waals surface area contributed by atoms with Crippen LogP contribution in [0.4, 0.5) is 18.9 Å². The van der Waals surface area contributed by atoms with E-state index in [9.17, 15) is 23.2 Å². The molecule has 0 aromatic carbocycles. The number of nitrogens with one attached hydrogen (secondary N) is 1. The van der Waals surface area contributed by atoms with E-state index < -0.39 is 17.8 Å². The van der Waals surface area contributed by atoms with Crippen molar-refractivity contribution >= 4 is 17.8 Å². The van der Waals surface area contributed by atoms with Crippen LogP contribution in [-0.2, 0) is 0 Å². The number of anilines is 1. The van der Waals surface area contributed by atoms with Crippen molar-refractivity contribution < 1.29 is 18.0 Å². The lowest BCUT2D eigenvalue weighted by atomic mass is 9.96. The zero-order valence-electron chi connectivity index (χ0n) is 16.7. The first-order chi connectivity index (χ1) is 13.7. The number of carbonyl (C=O) groups is 1. The SMILES string of the molecule is CC/N=C\C(C)(N1CCN(c2ccc(C(=O)NC)nc2)C(CC#N)C1)C(F)(F)F. The maximum Gasteiger partial charge on any atom is 0.411 e. The first-order valence-corrected chi connectivity index (χ1v) is 9.32. The number of amides is 1. The Hall–Kier alpha value is -2.67. The number of hydrogen-bond acceptors (Lipinski definition) is 6. The molecular weight excluding hydrogens is 385 g/mol. The molecule has 29 heavy (non-hydrogen) atoms. The highest BCUT2D eigenvalue weighted by atomic mass is 19.4. The molecule has 0 spiro atoms. The van der Waals surface area contributed by atoms with Crippen LogP contribution >= 0.6 is 0 Å². The Balaban J connectivity index is 2.28. The molecule has 1 aliphatic heterocycles. The molecule has 2 unspecified atom stereocenters. The van der Waals surface area contributed by atoms with Gasteiger partial charge in [0.2, 0.25) is 0 Å². The van der Waals surface area contributed by atoms with Gasteiger partial charge in [0.25, 0.3) is 5.91 Å².